The zero-order valence-electron chi connectivity index (χ0n) is 12.3. The van der Waals surface area contributed by atoms with E-state index in [1.807, 2.05) is 0 Å². The number of nitro groups is 1. The molecule has 21 heavy (non-hydrogen) atoms. The maximum absolute atomic E-state index is 11.0. The highest BCUT2D eigenvalue weighted by atomic mass is 35.5. The molecule has 1 atom stereocenters. The Morgan fingerprint density at radius 2 is 2.29 bits per heavy atom. The van der Waals surface area contributed by atoms with Gasteiger partial charge < -0.3 is 10.2 Å². The average molecular weight is 312 g/mol. The number of rotatable bonds is 6. The maximum Gasteiger partial charge on any atom is 0.292 e. The highest BCUT2D eigenvalue weighted by Gasteiger charge is 2.17. The normalized spacial score (nSPS) is 19.4. The van der Waals surface area contributed by atoms with Gasteiger partial charge in [-0.1, -0.05) is 18.0 Å². The first-order chi connectivity index (χ1) is 10.1. The average Bonchev–Trinajstić information content (AvgIpc) is 2.45. The van der Waals surface area contributed by atoms with Crippen LogP contribution in [-0.2, 0) is 0 Å². The van der Waals surface area contributed by atoms with Gasteiger partial charge in [-0.25, -0.2) is 0 Å². The predicted molar refractivity (Wildman–Crippen MR) is 86.1 cm³/mol. The summed E-state index contributed by atoms with van der Waals surface area (Å²) in [5.74, 6) is 0. The first kappa shape index (κ1) is 16.0. The molecule has 5 nitrogen and oxygen atoms in total. The van der Waals surface area contributed by atoms with Gasteiger partial charge in [0.05, 0.1) is 4.92 Å². The Labute approximate surface area is 130 Å². The second-order valence-corrected chi connectivity index (χ2v) is 6.02. The SMILES string of the molecule is CC1CCCCN1CCCNc1cc(Cl)ccc1[N+](=O)[O-]. The summed E-state index contributed by atoms with van der Waals surface area (Å²) >= 11 is 5.90. The fraction of sp³-hybridized carbons (Fsp3) is 0.600. The molecule has 0 aliphatic carbocycles. The van der Waals surface area contributed by atoms with Gasteiger partial charge >= 0.3 is 0 Å². The van der Waals surface area contributed by atoms with Crippen molar-refractivity contribution in [2.75, 3.05) is 25.0 Å². The van der Waals surface area contributed by atoms with E-state index in [0.29, 0.717) is 23.3 Å². The molecule has 0 bridgehead atoms. The molecule has 1 heterocycles. The third kappa shape index (κ3) is 4.58. The number of benzene rings is 1. The Kier molecular flexibility index (Phi) is 5.82. The zero-order chi connectivity index (χ0) is 15.2. The fourth-order valence-corrected chi connectivity index (χ4v) is 2.98. The number of nitrogens with zero attached hydrogens (tertiary/aromatic N) is 2. The van der Waals surface area contributed by atoms with Crippen molar-refractivity contribution in [3.63, 3.8) is 0 Å². The van der Waals surface area contributed by atoms with E-state index in [9.17, 15) is 10.1 Å². The number of piperidine rings is 1. The molecule has 0 saturated carbocycles. The van der Waals surface area contributed by atoms with Crippen LogP contribution in [-0.4, -0.2) is 35.5 Å². The van der Waals surface area contributed by atoms with E-state index >= 15 is 0 Å². The van der Waals surface area contributed by atoms with Crippen molar-refractivity contribution in [3.8, 4) is 0 Å². The van der Waals surface area contributed by atoms with E-state index in [0.717, 1.165) is 13.0 Å². The Balaban J connectivity index is 1.83. The molecular weight excluding hydrogens is 290 g/mol. The van der Waals surface area contributed by atoms with Crippen LogP contribution in [0.4, 0.5) is 11.4 Å². The quantitative estimate of drug-likeness (QED) is 0.491. The molecule has 1 fully saturated rings. The van der Waals surface area contributed by atoms with Crippen molar-refractivity contribution in [1.82, 2.24) is 4.90 Å². The summed E-state index contributed by atoms with van der Waals surface area (Å²) in [6.07, 6.45) is 4.84. The monoisotopic (exact) mass is 311 g/mol. The summed E-state index contributed by atoms with van der Waals surface area (Å²) in [5.41, 5.74) is 0.574. The lowest BCUT2D eigenvalue weighted by Gasteiger charge is -2.33. The summed E-state index contributed by atoms with van der Waals surface area (Å²) in [5, 5.41) is 14.6. The van der Waals surface area contributed by atoms with Gasteiger partial charge in [-0.05, 0) is 44.9 Å². The molecule has 1 aliphatic heterocycles. The van der Waals surface area contributed by atoms with Crippen LogP contribution in [0.1, 0.15) is 32.6 Å². The second kappa shape index (κ2) is 7.61. The van der Waals surface area contributed by atoms with E-state index in [1.54, 1.807) is 12.1 Å². The molecule has 0 amide bonds. The first-order valence-corrected chi connectivity index (χ1v) is 7.87. The van der Waals surface area contributed by atoms with E-state index in [4.69, 9.17) is 11.6 Å². The molecule has 116 valence electrons. The molecule has 0 spiro atoms. The third-order valence-corrected chi connectivity index (χ3v) is 4.27. The Morgan fingerprint density at radius 1 is 1.48 bits per heavy atom. The van der Waals surface area contributed by atoms with Crippen LogP contribution in [0, 0.1) is 10.1 Å². The van der Waals surface area contributed by atoms with Crippen LogP contribution < -0.4 is 5.32 Å². The van der Waals surface area contributed by atoms with Crippen LogP contribution in [0.2, 0.25) is 5.02 Å². The van der Waals surface area contributed by atoms with Crippen LogP contribution >= 0.6 is 11.6 Å². The Bertz CT molecular complexity index is 496. The van der Waals surface area contributed by atoms with E-state index < -0.39 is 0 Å². The third-order valence-electron chi connectivity index (χ3n) is 4.03. The number of halogens is 1. The molecule has 6 heteroatoms. The van der Waals surface area contributed by atoms with Crippen molar-refractivity contribution >= 4 is 23.0 Å². The smallest absolute Gasteiger partial charge is 0.292 e. The summed E-state index contributed by atoms with van der Waals surface area (Å²) < 4.78 is 0. The number of anilines is 1. The van der Waals surface area contributed by atoms with Crippen molar-refractivity contribution in [3.05, 3.63) is 33.3 Å². The van der Waals surface area contributed by atoms with Gasteiger partial charge in [-0.2, -0.15) is 0 Å². The van der Waals surface area contributed by atoms with Crippen LogP contribution in [0.5, 0.6) is 0 Å². The minimum atomic E-state index is -0.384. The van der Waals surface area contributed by atoms with Gasteiger partial charge in [0.2, 0.25) is 0 Å². The molecule has 2 rings (SSSR count). The van der Waals surface area contributed by atoms with Crippen molar-refractivity contribution < 1.29 is 4.92 Å². The summed E-state index contributed by atoms with van der Waals surface area (Å²) in [7, 11) is 0. The number of hydrogen-bond acceptors (Lipinski definition) is 4. The van der Waals surface area contributed by atoms with Gasteiger partial charge in [0.15, 0.2) is 0 Å². The largest absolute Gasteiger partial charge is 0.379 e. The topological polar surface area (TPSA) is 58.4 Å². The van der Waals surface area contributed by atoms with Crippen molar-refractivity contribution in [1.29, 1.82) is 0 Å². The molecule has 1 aliphatic rings. The van der Waals surface area contributed by atoms with Gasteiger partial charge in [0.25, 0.3) is 5.69 Å². The molecular formula is C15H22ClN3O2. The maximum atomic E-state index is 11.0. The predicted octanol–water partition coefficient (Wildman–Crippen LogP) is 3.92. The van der Waals surface area contributed by atoms with E-state index in [1.165, 1.54) is 31.9 Å². The lowest BCUT2D eigenvalue weighted by molar-refractivity contribution is -0.384. The molecule has 1 aromatic carbocycles. The standard InChI is InChI=1S/C15H22ClN3O2/c1-12-5-2-3-9-18(12)10-4-8-17-14-11-13(16)6-7-15(14)19(20)21/h6-7,11-12,17H,2-5,8-10H2,1H3. The van der Waals surface area contributed by atoms with Gasteiger partial charge in [0, 0.05) is 30.2 Å². The minimum absolute atomic E-state index is 0.0748. The van der Waals surface area contributed by atoms with Crippen molar-refractivity contribution in [2.45, 2.75) is 38.6 Å². The number of likely N-dealkylation sites (tertiary alicyclic amines) is 1. The summed E-state index contributed by atoms with van der Waals surface area (Å²) in [4.78, 5) is 13.1. The number of nitrogens with one attached hydrogen (secondary N) is 1. The summed E-state index contributed by atoms with van der Waals surface area (Å²) in [6.45, 7) is 5.18. The highest BCUT2D eigenvalue weighted by Crippen LogP contribution is 2.27. The molecule has 1 saturated heterocycles. The summed E-state index contributed by atoms with van der Waals surface area (Å²) in [6, 6.07) is 5.25. The van der Waals surface area contributed by atoms with Gasteiger partial charge in [-0.3, -0.25) is 10.1 Å². The van der Waals surface area contributed by atoms with Gasteiger partial charge in [-0.15, -0.1) is 0 Å². The van der Waals surface area contributed by atoms with E-state index in [-0.39, 0.29) is 10.6 Å². The lowest BCUT2D eigenvalue weighted by Crippen LogP contribution is -2.38. The zero-order valence-corrected chi connectivity index (χ0v) is 13.1. The molecule has 0 radical (unpaired) electrons. The number of hydrogen-bond donors (Lipinski definition) is 1. The lowest BCUT2D eigenvalue weighted by atomic mass is 10.0. The molecule has 1 aromatic rings. The molecule has 0 aromatic heterocycles. The van der Waals surface area contributed by atoms with Crippen molar-refractivity contribution in [2.24, 2.45) is 0 Å². The second-order valence-electron chi connectivity index (χ2n) is 5.58. The van der Waals surface area contributed by atoms with Crippen LogP contribution in [0.15, 0.2) is 18.2 Å². The number of nitro benzene ring substituents is 1. The van der Waals surface area contributed by atoms with Crippen LogP contribution in [0.3, 0.4) is 0 Å². The fourth-order valence-electron chi connectivity index (χ4n) is 2.80. The Hall–Kier alpha value is -1.33. The van der Waals surface area contributed by atoms with Crippen LogP contribution in [0.25, 0.3) is 0 Å². The first-order valence-electron chi connectivity index (χ1n) is 7.50. The Morgan fingerprint density at radius 3 is 3.00 bits per heavy atom. The molecule has 1 N–H and O–H groups in total. The van der Waals surface area contributed by atoms with E-state index in [2.05, 4.69) is 17.1 Å². The van der Waals surface area contributed by atoms with Gasteiger partial charge in [0.1, 0.15) is 5.69 Å². The molecule has 1 unspecified atom stereocenters. The minimum Gasteiger partial charge on any atom is -0.379 e. The highest BCUT2D eigenvalue weighted by molar-refractivity contribution is 6.31.